The van der Waals surface area contributed by atoms with E-state index >= 15 is 0 Å². The van der Waals surface area contributed by atoms with Crippen molar-refractivity contribution >= 4 is 17.1 Å². The van der Waals surface area contributed by atoms with E-state index in [-0.39, 0.29) is 46.9 Å². The van der Waals surface area contributed by atoms with E-state index < -0.39 is 17.5 Å². The van der Waals surface area contributed by atoms with Crippen LogP contribution in [0.25, 0.3) is 5.76 Å². The molecule has 0 radical (unpaired) electrons. The summed E-state index contributed by atoms with van der Waals surface area (Å²) in [6.45, 7) is 1.94. The van der Waals surface area contributed by atoms with Crippen molar-refractivity contribution in [3.05, 3.63) is 58.4 Å². The van der Waals surface area contributed by atoms with Gasteiger partial charge in [0.25, 0.3) is 0 Å². The molecule has 3 rings (SSSR count). The van der Waals surface area contributed by atoms with Gasteiger partial charge in [-0.05, 0) is 37.1 Å². The second kappa shape index (κ2) is 6.70. The van der Waals surface area contributed by atoms with E-state index in [9.17, 15) is 13.2 Å². The summed E-state index contributed by atoms with van der Waals surface area (Å²) < 4.78 is 48.5. The molecule has 1 aliphatic heterocycles. The Morgan fingerprint density at radius 2 is 1.88 bits per heavy atom. The van der Waals surface area contributed by atoms with Gasteiger partial charge in [0.1, 0.15) is 11.6 Å². The molecule has 0 spiro atoms. The van der Waals surface area contributed by atoms with Gasteiger partial charge in [0.15, 0.2) is 17.4 Å². The van der Waals surface area contributed by atoms with Gasteiger partial charge in [-0.25, -0.2) is 13.2 Å². The van der Waals surface area contributed by atoms with E-state index in [1.165, 1.54) is 12.1 Å². The van der Waals surface area contributed by atoms with Crippen LogP contribution in [0.3, 0.4) is 0 Å². The summed E-state index contributed by atoms with van der Waals surface area (Å²) in [6, 6.07) is 4.21. The standard InChI is InChI=1S/C19H19F3N2O/c1-2-3-4-11-16(21)18(24)12-6-8-15(25-19(12)17(11)22)10-5-7-14(23)13(20)9-10/h5,7-9H,2-4,6,23-24H2,1H3. The topological polar surface area (TPSA) is 61.3 Å². The Balaban J connectivity index is 2.02. The Morgan fingerprint density at radius 1 is 1.12 bits per heavy atom. The lowest BCUT2D eigenvalue weighted by Gasteiger charge is -2.23. The number of halogens is 3. The van der Waals surface area contributed by atoms with Crippen LogP contribution in [0, 0.1) is 17.5 Å². The Kier molecular flexibility index (Phi) is 4.61. The molecule has 0 amide bonds. The minimum atomic E-state index is -0.739. The van der Waals surface area contributed by atoms with Gasteiger partial charge < -0.3 is 16.2 Å². The fraction of sp³-hybridized carbons (Fsp3) is 0.263. The number of ether oxygens (including phenoxy) is 1. The van der Waals surface area contributed by atoms with Gasteiger partial charge in [0.05, 0.1) is 11.4 Å². The number of allylic oxidation sites excluding steroid dienone is 1. The minimum Gasteiger partial charge on any atom is -0.454 e. The van der Waals surface area contributed by atoms with Crippen LogP contribution in [0.15, 0.2) is 24.3 Å². The van der Waals surface area contributed by atoms with Crippen molar-refractivity contribution in [2.45, 2.75) is 32.6 Å². The van der Waals surface area contributed by atoms with Crippen LogP contribution in [-0.2, 0) is 12.8 Å². The average molecular weight is 348 g/mol. The number of unbranched alkanes of at least 4 members (excludes halogenated alkanes) is 1. The smallest absolute Gasteiger partial charge is 0.172 e. The molecule has 0 aromatic heterocycles. The summed E-state index contributed by atoms with van der Waals surface area (Å²) in [4.78, 5) is 0. The van der Waals surface area contributed by atoms with Gasteiger partial charge in [-0.15, -0.1) is 0 Å². The maximum Gasteiger partial charge on any atom is 0.172 e. The first kappa shape index (κ1) is 17.2. The molecule has 25 heavy (non-hydrogen) atoms. The molecular formula is C19H19F3N2O. The molecule has 6 heteroatoms. The highest BCUT2D eigenvalue weighted by atomic mass is 19.1. The highest BCUT2D eigenvalue weighted by molar-refractivity contribution is 5.71. The van der Waals surface area contributed by atoms with Crippen LogP contribution in [0.4, 0.5) is 24.5 Å². The number of rotatable bonds is 4. The number of nitrogens with two attached hydrogens (primary N) is 2. The molecule has 0 fully saturated rings. The molecule has 1 heterocycles. The highest BCUT2D eigenvalue weighted by Gasteiger charge is 2.27. The Bertz CT molecular complexity index is 862. The Morgan fingerprint density at radius 3 is 2.56 bits per heavy atom. The molecule has 0 saturated heterocycles. The predicted molar refractivity (Wildman–Crippen MR) is 92.5 cm³/mol. The third-order valence-electron chi connectivity index (χ3n) is 4.33. The maximum absolute atomic E-state index is 14.8. The van der Waals surface area contributed by atoms with Crippen molar-refractivity contribution in [3.63, 3.8) is 0 Å². The quantitative estimate of drug-likeness (QED) is 0.795. The van der Waals surface area contributed by atoms with E-state index in [2.05, 4.69) is 0 Å². The monoisotopic (exact) mass is 348 g/mol. The third-order valence-corrected chi connectivity index (χ3v) is 4.33. The molecule has 4 N–H and O–H groups in total. The molecule has 3 nitrogen and oxygen atoms in total. The predicted octanol–water partition coefficient (Wildman–Crippen LogP) is 4.59. The largest absolute Gasteiger partial charge is 0.454 e. The second-order valence-corrected chi connectivity index (χ2v) is 6.04. The van der Waals surface area contributed by atoms with E-state index in [1.54, 1.807) is 12.1 Å². The summed E-state index contributed by atoms with van der Waals surface area (Å²) in [5.74, 6) is -1.84. The zero-order valence-electron chi connectivity index (χ0n) is 13.8. The maximum atomic E-state index is 14.8. The molecule has 2 aromatic rings. The lowest BCUT2D eigenvalue weighted by Crippen LogP contribution is -2.13. The molecule has 0 bridgehead atoms. The van der Waals surface area contributed by atoms with Gasteiger partial charge in [0.2, 0.25) is 0 Å². The van der Waals surface area contributed by atoms with Gasteiger partial charge in [0, 0.05) is 23.1 Å². The van der Waals surface area contributed by atoms with E-state index in [1.807, 2.05) is 6.92 Å². The highest BCUT2D eigenvalue weighted by Crippen LogP contribution is 2.40. The zero-order valence-corrected chi connectivity index (χ0v) is 13.8. The van der Waals surface area contributed by atoms with E-state index in [0.29, 0.717) is 12.0 Å². The van der Waals surface area contributed by atoms with E-state index in [4.69, 9.17) is 16.2 Å². The number of anilines is 2. The Labute approximate surface area is 144 Å². The molecule has 132 valence electrons. The van der Waals surface area contributed by atoms with Crippen LogP contribution in [0.1, 0.15) is 36.5 Å². The van der Waals surface area contributed by atoms with Gasteiger partial charge in [-0.1, -0.05) is 13.3 Å². The number of benzene rings is 2. The lowest BCUT2D eigenvalue weighted by atomic mass is 9.97. The summed E-state index contributed by atoms with van der Waals surface area (Å²) in [5, 5.41) is 0. The second-order valence-electron chi connectivity index (χ2n) is 6.04. The third kappa shape index (κ3) is 3.04. The number of fused-ring (bicyclic) bond motifs is 1. The summed E-state index contributed by atoms with van der Waals surface area (Å²) in [5.41, 5.74) is 11.9. The SMILES string of the molecule is CCCCc1c(F)c(N)c2c(c1F)OC(c1ccc(N)c(F)c1)=CC2. The molecule has 0 saturated carbocycles. The van der Waals surface area contributed by atoms with Crippen LogP contribution < -0.4 is 16.2 Å². The average Bonchev–Trinajstić information content (AvgIpc) is 2.62. The first-order valence-electron chi connectivity index (χ1n) is 8.15. The van der Waals surface area contributed by atoms with Crippen LogP contribution in [0.2, 0.25) is 0 Å². The molecule has 0 unspecified atom stereocenters. The van der Waals surface area contributed by atoms with E-state index in [0.717, 1.165) is 6.42 Å². The number of hydrogen-bond acceptors (Lipinski definition) is 3. The first-order chi connectivity index (χ1) is 11.9. The van der Waals surface area contributed by atoms with Crippen molar-refractivity contribution in [1.29, 1.82) is 0 Å². The van der Waals surface area contributed by atoms with Crippen molar-refractivity contribution < 1.29 is 17.9 Å². The Hall–Kier alpha value is -2.63. The molecule has 1 aliphatic rings. The van der Waals surface area contributed by atoms with Crippen molar-refractivity contribution in [1.82, 2.24) is 0 Å². The molecule has 0 aliphatic carbocycles. The van der Waals surface area contributed by atoms with Gasteiger partial charge in [-0.3, -0.25) is 0 Å². The fourth-order valence-electron chi connectivity index (χ4n) is 2.87. The molecule has 2 aromatic carbocycles. The van der Waals surface area contributed by atoms with Crippen LogP contribution in [-0.4, -0.2) is 0 Å². The summed E-state index contributed by atoms with van der Waals surface area (Å²) >= 11 is 0. The zero-order chi connectivity index (χ0) is 18.1. The first-order valence-corrected chi connectivity index (χ1v) is 8.15. The summed E-state index contributed by atoms with van der Waals surface area (Å²) in [7, 11) is 0. The summed E-state index contributed by atoms with van der Waals surface area (Å²) in [6.07, 6.45) is 3.49. The molecular weight excluding hydrogens is 329 g/mol. The van der Waals surface area contributed by atoms with Crippen molar-refractivity contribution in [2.24, 2.45) is 0 Å². The fourth-order valence-corrected chi connectivity index (χ4v) is 2.87. The number of nitrogen functional groups attached to an aromatic ring is 2. The lowest BCUT2D eigenvalue weighted by molar-refractivity contribution is 0.439. The minimum absolute atomic E-state index is 0.0138. The van der Waals surface area contributed by atoms with Crippen molar-refractivity contribution in [2.75, 3.05) is 11.5 Å². The van der Waals surface area contributed by atoms with Crippen LogP contribution >= 0.6 is 0 Å². The normalized spacial score (nSPS) is 13.2. The van der Waals surface area contributed by atoms with Gasteiger partial charge >= 0.3 is 0 Å². The number of hydrogen-bond donors (Lipinski definition) is 2. The molecule has 0 atom stereocenters. The van der Waals surface area contributed by atoms with Crippen LogP contribution in [0.5, 0.6) is 5.75 Å². The van der Waals surface area contributed by atoms with Gasteiger partial charge in [-0.2, -0.15) is 0 Å². The van der Waals surface area contributed by atoms with Crippen molar-refractivity contribution in [3.8, 4) is 5.75 Å².